The van der Waals surface area contributed by atoms with Gasteiger partial charge in [0.2, 0.25) is 0 Å². The van der Waals surface area contributed by atoms with Crippen molar-refractivity contribution >= 4 is 0 Å². The molecule has 0 atom stereocenters. The zero-order valence-corrected chi connectivity index (χ0v) is 10.7. The Kier molecular flexibility index (Phi) is 4.87. The molecule has 0 heterocycles. The van der Waals surface area contributed by atoms with Crippen LogP contribution >= 0.6 is 0 Å². The van der Waals surface area contributed by atoms with Gasteiger partial charge in [0, 0.05) is 0 Å². The van der Waals surface area contributed by atoms with Gasteiger partial charge in [-0.15, -0.1) is 0 Å². The Balaban J connectivity index is 0.000000531. The molecule has 2 rings (SSSR count). The molecule has 0 amide bonds. The van der Waals surface area contributed by atoms with Crippen LogP contribution < -0.4 is 0 Å². The van der Waals surface area contributed by atoms with E-state index in [1.807, 2.05) is 13.8 Å². The summed E-state index contributed by atoms with van der Waals surface area (Å²) in [6.45, 7) is 8.45. The van der Waals surface area contributed by atoms with Crippen molar-refractivity contribution in [3.8, 4) is 0 Å². The summed E-state index contributed by atoms with van der Waals surface area (Å²) in [6.07, 6.45) is 6.78. The molecule has 0 heteroatoms. The summed E-state index contributed by atoms with van der Waals surface area (Å²) in [5.74, 6) is 0. The standard InChI is InChI=1S/C13H18.C2H6/c1-10-8-12-6-4-3-5-7-13(12)9-11(10)2;1-2/h8-9H,3-7H2,1-2H3;1-2H3. The molecular formula is C15H24. The van der Waals surface area contributed by atoms with E-state index in [9.17, 15) is 0 Å². The van der Waals surface area contributed by atoms with Gasteiger partial charge >= 0.3 is 0 Å². The van der Waals surface area contributed by atoms with E-state index < -0.39 is 0 Å². The molecule has 0 N–H and O–H groups in total. The van der Waals surface area contributed by atoms with E-state index in [2.05, 4.69) is 26.0 Å². The van der Waals surface area contributed by atoms with Crippen molar-refractivity contribution < 1.29 is 0 Å². The van der Waals surface area contributed by atoms with Crippen LogP contribution in [0.2, 0.25) is 0 Å². The van der Waals surface area contributed by atoms with Crippen molar-refractivity contribution in [2.45, 2.75) is 59.8 Å². The molecule has 1 aromatic carbocycles. The zero-order chi connectivity index (χ0) is 11.3. The predicted molar refractivity (Wildman–Crippen MR) is 68.5 cm³/mol. The Morgan fingerprint density at radius 2 is 1.13 bits per heavy atom. The van der Waals surface area contributed by atoms with E-state index in [1.54, 1.807) is 11.1 Å². The number of fused-ring (bicyclic) bond motifs is 1. The van der Waals surface area contributed by atoms with Gasteiger partial charge in [-0.05, 0) is 61.8 Å². The lowest BCUT2D eigenvalue weighted by Crippen LogP contribution is -1.94. The van der Waals surface area contributed by atoms with E-state index >= 15 is 0 Å². The first kappa shape index (κ1) is 12.3. The predicted octanol–water partition coefficient (Wildman–Crippen LogP) is 4.60. The van der Waals surface area contributed by atoms with Crippen LogP contribution in [0.3, 0.4) is 0 Å². The summed E-state index contributed by atoms with van der Waals surface area (Å²) in [7, 11) is 0. The molecular weight excluding hydrogens is 180 g/mol. The molecule has 0 fully saturated rings. The fourth-order valence-electron chi connectivity index (χ4n) is 2.21. The van der Waals surface area contributed by atoms with Crippen LogP contribution in [0.1, 0.15) is 55.4 Å². The topological polar surface area (TPSA) is 0 Å². The minimum Gasteiger partial charge on any atom is -0.0683 e. The van der Waals surface area contributed by atoms with Gasteiger partial charge < -0.3 is 0 Å². The molecule has 84 valence electrons. The summed E-state index contributed by atoms with van der Waals surface area (Å²) in [6, 6.07) is 4.80. The van der Waals surface area contributed by atoms with Crippen molar-refractivity contribution in [3.63, 3.8) is 0 Å². The Bertz CT molecular complexity index is 279. The SMILES string of the molecule is CC.Cc1cc2c(cc1C)CCCCC2. The Morgan fingerprint density at radius 1 is 0.733 bits per heavy atom. The Morgan fingerprint density at radius 3 is 1.53 bits per heavy atom. The smallest absolute Gasteiger partial charge is 0.0276 e. The number of benzene rings is 1. The van der Waals surface area contributed by atoms with Crippen LogP contribution in [0.4, 0.5) is 0 Å². The maximum absolute atomic E-state index is 2.40. The van der Waals surface area contributed by atoms with Crippen molar-refractivity contribution in [1.29, 1.82) is 0 Å². The maximum atomic E-state index is 2.40. The van der Waals surface area contributed by atoms with Gasteiger partial charge in [0.05, 0.1) is 0 Å². The Hall–Kier alpha value is -0.780. The molecule has 0 saturated carbocycles. The highest BCUT2D eigenvalue weighted by atomic mass is 14.1. The first-order valence-electron chi connectivity index (χ1n) is 6.36. The normalized spacial score (nSPS) is 14.7. The summed E-state index contributed by atoms with van der Waals surface area (Å²) in [4.78, 5) is 0. The second-order valence-corrected chi connectivity index (χ2v) is 4.27. The van der Waals surface area contributed by atoms with Gasteiger partial charge in [0.15, 0.2) is 0 Å². The molecule has 15 heavy (non-hydrogen) atoms. The van der Waals surface area contributed by atoms with Crippen molar-refractivity contribution in [1.82, 2.24) is 0 Å². The van der Waals surface area contributed by atoms with E-state index in [0.29, 0.717) is 0 Å². The van der Waals surface area contributed by atoms with Gasteiger partial charge in [0.25, 0.3) is 0 Å². The van der Waals surface area contributed by atoms with Crippen LogP contribution in [-0.4, -0.2) is 0 Å². The summed E-state index contributed by atoms with van der Waals surface area (Å²) < 4.78 is 0. The lowest BCUT2D eigenvalue weighted by Gasteiger charge is -2.09. The first-order valence-corrected chi connectivity index (χ1v) is 6.36. The average Bonchev–Trinajstić information content (AvgIpc) is 2.47. The van der Waals surface area contributed by atoms with Crippen LogP contribution in [0.5, 0.6) is 0 Å². The van der Waals surface area contributed by atoms with Crippen molar-refractivity contribution in [2.75, 3.05) is 0 Å². The van der Waals surface area contributed by atoms with E-state index in [-0.39, 0.29) is 0 Å². The molecule has 0 aliphatic heterocycles. The molecule has 0 radical (unpaired) electrons. The molecule has 0 spiro atoms. The number of hydrogen-bond donors (Lipinski definition) is 0. The third-order valence-corrected chi connectivity index (χ3v) is 3.21. The van der Waals surface area contributed by atoms with Crippen LogP contribution in [0.15, 0.2) is 12.1 Å². The summed E-state index contributed by atoms with van der Waals surface area (Å²) >= 11 is 0. The molecule has 0 bridgehead atoms. The van der Waals surface area contributed by atoms with Gasteiger partial charge in [-0.3, -0.25) is 0 Å². The van der Waals surface area contributed by atoms with Crippen LogP contribution in [0, 0.1) is 13.8 Å². The minimum absolute atomic E-state index is 1.30. The van der Waals surface area contributed by atoms with E-state index in [0.717, 1.165) is 0 Å². The first-order chi connectivity index (χ1) is 7.27. The second-order valence-electron chi connectivity index (χ2n) is 4.27. The summed E-state index contributed by atoms with van der Waals surface area (Å²) in [5.41, 5.74) is 6.14. The quantitative estimate of drug-likeness (QED) is 0.542. The summed E-state index contributed by atoms with van der Waals surface area (Å²) in [5, 5.41) is 0. The van der Waals surface area contributed by atoms with Crippen molar-refractivity contribution in [3.05, 3.63) is 34.4 Å². The third kappa shape index (κ3) is 3.09. The molecule has 0 unspecified atom stereocenters. The fourth-order valence-corrected chi connectivity index (χ4v) is 2.21. The molecule has 1 aromatic rings. The average molecular weight is 204 g/mol. The lowest BCUT2D eigenvalue weighted by atomic mass is 9.97. The van der Waals surface area contributed by atoms with Gasteiger partial charge in [-0.1, -0.05) is 32.4 Å². The largest absolute Gasteiger partial charge is 0.0683 e. The highest BCUT2D eigenvalue weighted by Crippen LogP contribution is 2.23. The van der Waals surface area contributed by atoms with Gasteiger partial charge in [0.1, 0.15) is 0 Å². The number of aryl methyl sites for hydroxylation is 4. The lowest BCUT2D eigenvalue weighted by molar-refractivity contribution is 0.711. The highest BCUT2D eigenvalue weighted by molar-refractivity contribution is 5.37. The molecule has 0 aromatic heterocycles. The van der Waals surface area contributed by atoms with Gasteiger partial charge in [-0.25, -0.2) is 0 Å². The minimum atomic E-state index is 1.30. The molecule has 0 nitrogen and oxygen atoms in total. The van der Waals surface area contributed by atoms with Crippen LogP contribution in [-0.2, 0) is 12.8 Å². The molecule has 0 saturated heterocycles. The van der Waals surface area contributed by atoms with Crippen molar-refractivity contribution in [2.24, 2.45) is 0 Å². The monoisotopic (exact) mass is 204 g/mol. The zero-order valence-electron chi connectivity index (χ0n) is 10.7. The third-order valence-electron chi connectivity index (χ3n) is 3.21. The van der Waals surface area contributed by atoms with E-state index in [1.165, 1.54) is 43.2 Å². The van der Waals surface area contributed by atoms with E-state index in [4.69, 9.17) is 0 Å². The number of rotatable bonds is 0. The fraction of sp³-hybridized carbons (Fsp3) is 0.600. The highest BCUT2D eigenvalue weighted by Gasteiger charge is 2.08. The van der Waals surface area contributed by atoms with Crippen LogP contribution in [0.25, 0.3) is 0 Å². The maximum Gasteiger partial charge on any atom is -0.0276 e. The van der Waals surface area contributed by atoms with Gasteiger partial charge in [-0.2, -0.15) is 0 Å². The molecule has 1 aliphatic carbocycles. The number of hydrogen-bond acceptors (Lipinski definition) is 0. The second kappa shape index (κ2) is 5.95. The Labute approximate surface area is 94.7 Å². The molecule has 1 aliphatic rings.